The highest BCUT2D eigenvalue weighted by Gasteiger charge is 2.58. The van der Waals surface area contributed by atoms with Crippen LogP contribution in [0.1, 0.15) is 36.0 Å². The summed E-state index contributed by atoms with van der Waals surface area (Å²) in [6, 6.07) is 1.65. The van der Waals surface area contributed by atoms with Crippen LogP contribution in [0.5, 0.6) is 0 Å². The first kappa shape index (κ1) is 15.4. The Hall–Kier alpha value is -2.12. The van der Waals surface area contributed by atoms with Crippen LogP contribution >= 0.6 is 0 Å². The van der Waals surface area contributed by atoms with E-state index in [1.807, 2.05) is 0 Å². The summed E-state index contributed by atoms with van der Waals surface area (Å²) in [5.41, 5.74) is 0.881. The Kier molecular flexibility index (Phi) is 3.33. The largest absolute Gasteiger partial charge is 0.392 e. The van der Waals surface area contributed by atoms with E-state index in [0.29, 0.717) is 29.4 Å². The third kappa shape index (κ3) is 2.35. The molecule has 0 bridgehead atoms. The summed E-state index contributed by atoms with van der Waals surface area (Å²) in [5, 5.41) is 6.61. The van der Waals surface area contributed by atoms with Gasteiger partial charge in [-0.25, -0.2) is 0 Å². The molecule has 4 rings (SSSR count). The van der Waals surface area contributed by atoms with Crippen molar-refractivity contribution in [2.45, 2.75) is 31.9 Å². The maximum atomic E-state index is 13.3. The number of alkyl halides is 3. The van der Waals surface area contributed by atoms with E-state index in [1.54, 1.807) is 17.2 Å². The number of carbonyl (C=O) groups is 1. The Bertz CT molecular complexity index is 781. The molecule has 1 saturated heterocycles. The molecule has 2 aliphatic rings. The number of pyridine rings is 1. The van der Waals surface area contributed by atoms with Gasteiger partial charge in [-0.15, -0.1) is 0 Å². The van der Waals surface area contributed by atoms with Crippen LogP contribution < -0.4 is 0 Å². The van der Waals surface area contributed by atoms with Gasteiger partial charge < -0.3 is 4.90 Å². The molecule has 1 spiro atoms. The van der Waals surface area contributed by atoms with Crippen molar-refractivity contribution < 1.29 is 18.0 Å². The quantitative estimate of drug-likeness (QED) is 0.869. The second-order valence-corrected chi connectivity index (χ2v) is 6.85. The van der Waals surface area contributed by atoms with E-state index in [-0.39, 0.29) is 25.4 Å². The number of amides is 1. The van der Waals surface area contributed by atoms with Gasteiger partial charge in [0, 0.05) is 19.3 Å². The van der Waals surface area contributed by atoms with E-state index in [0.717, 1.165) is 6.42 Å². The molecular formula is C16H17F3N4O. The minimum Gasteiger partial charge on any atom is -0.338 e. The highest BCUT2D eigenvalue weighted by molar-refractivity contribution is 5.96. The number of nitrogens with one attached hydrogen (secondary N) is 1. The van der Waals surface area contributed by atoms with Gasteiger partial charge in [0.05, 0.1) is 23.2 Å². The van der Waals surface area contributed by atoms with E-state index in [9.17, 15) is 18.0 Å². The van der Waals surface area contributed by atoms with Crippen molar-refractivity contribution in [2.24, 2.45) is 11.3 Å². The van der Waals surface area contributed by atoms with Crippen LogP contribution in [-0.4, -0.2) is 45.3 Å². The molecule has 1 atom stereocenters. The summed E-state index contributed by atoms with van der Waals surface area (Å²) >= 11 is 0. The monoisotopic (exact) mass is 338 g/mol. The second-order valence-electron chi connectivity index (χ2n) is 6.85. The van der Waals surface area contributed by atoms with Crippen molar-refractivity contribution in [1.82, 2.24) is 20.1 Å². The van der Waals surface area contributed by atoms with Gasteiger partial charge >= 0.3 is 6.18 Å². The zero-order valence-corrected chi connectivity index (χ0v) is 12.9. The smallest absolute Gasteiger partial charge is 0.338 e. The summed E-state index contributed by atoms with van der Waals surface area (Å²) < 4.78 is 40.0. The molecule has 1 unspecified atom stereocenters. The fourth-order valence-electron chi connectivity index (χ4n) is 4.11. The van der Waals surface area contributed by atoms with Crippen LogP contribution in [0.25, 0.3) is 11.0 Å². The molecule has 1 aliphatic carbocycles. The molecule has 1 aliphatic heterocycles. The number of rotatable bonds is 1. The molecule has 2 fully saturated rings. The molecule has 128 valence electrons. The number of H-pyrrole nitrogens is 1. The maximum Gasteiger partial charge on any atom is 0.392 e. The first-order valence-electron chi connectivity index (χ1n) is 8.04. The summed E-state index contributed by atoms with van der Waals surface area (Å²) in [4.78, 5) is 18.4. The molecule has 1 N–H and O–H groups in total. The average molecular weight is 338 g/mol. The van der Waals surface area contributed by atoms with Gasteiger partial charge in [-0.2, -0.15) is 18.3 Å². The summed E-state index contributed by atoms with van der Waals surface area (Å²) in [6.45, 7) is 0.308. The van der Waals surface area contributed by atoms with Crippen molar-refractivity contribution in [2.75, 3.05) is 13.1 Å². The van der Waals surface area contributed by atoms with E-state index in [4.69, 9.17) is 0 Å². The number of halogens is 3. The molecular weight excluding hydrogens is 321 g/mol. The Morgan fingerprint density at radius 2 is 2.12 bits per heavy atom. The zero-order valence-electron chi connectivity index (χ0n) is 12.9. The normalized spacial score (nSPS) is 23.5. The lowest BCUT2D eigenvalue weighted by atomic mass is 9.58. The first-order valence-corrected chi connectivity index (χ1v) is 8.04. The third-order valence-corrected chi connectivity index (χ3v) is 5.50. The molecule has 2 aromatic rings. The van der Waals surface area contributed by atoms with Crippen molar-refractivity contribution in [1.29, 1.82) is 0 Å². The molecule has 1 saturated carbocycles. The summed E-state index contributed by atoms with van der Waals surface area (Å²) in [6.07, 6.45) is 0.694. The highest BCUT2D eigenvalue weighted by Crippen LogP contribution is 2.56. The second kappa shape index (κ2) is 5.19. The molecule has 0 radical (unpaired) electrons. The lowest BCUT2D eigenvalue weighted by Crippen LogP contribution is -2.57. The standard InChI is InChI=1S/C16H17F3N4O/c17-16(18,19)13-2-5-23(9-15(13)3-1-4-15)14(24)10-6-11-12(20-7-10)8-21-22-11/h6-8,13H,1-5,9H2,(H,21,22). The predicted molar refractivity (Wildman–Crippen MR) is 80.2 cm³/mol. The lowest BCUT2D eigenvalue weighted by molar-refractivity contribution is -0.235. The van der Waals surface area contributed by atoms with Crippen LogP contribution in [-0.2, 0) is 0 Å². The third-order valence-electron chi connectivity index (χ3n) is 5.50. The predicted octanol–water partition coefficient (Wildman–Crippen LogP) is 3.15. The number of hydrogen-bond acceptors (Lipinski definition) is 3. The number of fused-ring (bicyclic) bond motifs is 1. The zero-order chi connectivity index (χ0) is 16.9. The van der Waals surface area contributed by atoms with Gasteiger partial charge in [-0.1, -0.05) is 6.42 Å². The van der Waals surface area contributed by atoms with E-state index in [2.05, 4.69) is 15.2 Å². The molecule has 2 aromatic heterocycles. The van der Waals surface area contributed by atoms with Crippen LogP contribution in [0.3, 0.4) is 0 Å². The Morgan fingerprint density at radius 1 is 1.33 bits per heavy atom. The number of aromatic amines is 1. The number of aromatic nitrogens is 3. The van der Waals surface area contributed by atoms with Crippen LogP contribution in [0, 0.1) is 11.3 Å². The van der Waals surface area contributed by atoms with E-state index in [1.165, 1.54) is 6.20 Å². The number of likely N-dealkylation sites (tertiary alicyclic amines) is 1. The highest BCUT2D eigenvalue weighted by atomic mass is 19.4. The molecule has 24 heavy (non-hydrogen) atoms. The topological polar surface area (TPSA) is 61.9 Å². The first-order chi connectivity index (χ1) is 11.4. The van der Waals surface area contributed by atoms with Crippen molar-refractivity contribution >= 4 is 16.9 Å². The SMILES string of the molecule is O=C(c1cnc2cn[nH]c2c1)N1CCC(C(F)(F)F)C2(CCC2)C1. The van der Waals surface area contributed by atoms with Crippen molar-refractivity contribution in [3.8, 4) is 0 Å². The number of nitrogens with zero attached hydrogens (tertiary/aromatic N) is 3. The Morgan fingerprint density at radius 3 is 2.79 bits per heavy atom. The van der Waals surface area contributed by atoms with Crippen LogP contribution in [0.2, 0.25) is 0 Å². The lowest BCUT2D eigenvalue weighted by Gasteiger charge is -2.54. The molecule has 5 nitrogen and oxygen atoms in total. The fraction of sp³-hybridized carbons (Fsp3) is 0.562. The van der Waals surface area contributed by atoms with Gasteiger partial charge in [0.1, 0.15) is 5.52 Å². The maximum absolute atomic E-state index is 13.3. The molecule has 0 aromatic carbocycles. The molecule has 8 heteroatoms. The van der Waals surface area contributed by atoms with Gasteiger partial charge in [0.15, 0.2) is 0 Å². The van der Waals surface area contributed by atoms with Crippen LogP contribution in [0.4, 0.5) is 13.2 Å². The van der Waals surface area contributed by atoms with E-state index >= 15 is 0 Å². The van der Waals surface area contributed by atoms with Gasteiger partial charge in [-0.05, 0) is 30.7 Å². The van der Waals surface area contributed by atoms with Crippen molar-refractivity contribution in [3.05, 3.63) is 24.0 Å². The minimum absolute atomic E-state index is 0.0189. The van der Waals surface area contributed by atoms with Gasteiger partial charge in [0.2, 0.25) is 0 Å². The van der Waals surface area contributed by atoms with E-state index < -0.39 is 17.5 Å². The van der Waals surface area contributed by atoms with Gasteiger partial charge in [-0.3, -0.25) is 14.9 Å². The summed E-state index contributed by atoms with van der Waals surface area (Å²) in [7, 11) is 0. The molecule has 1 amide bonds. The van der Waals surface area contributed by atoms with Gasteiger partial charge in [0.25, 0.3) is 5.91 Å². The van der Waals surface area contributed by atoms with Crippen LogP contribution in [0.15, 0.2) is 18.5 Å². The fourth-order valence-corrected chi connectivity index (χ4v) is 4.11. The number of hydrogen-bond donors (Lipinski definition) is 1. The number of carbonyl (C=O) groups excluding carboxylic acids is 1. The van der Waals surface area contributed by atoms with Crippen molar-refractivity contribution in [3.63, 3.8) is 0 Å². The molecule has 3 heterocycles. The Balaban J connectivity index is 1.58. The minimum atomic E-state index is -4.19. The number of piperidine rings is 1. The Labute approximate surface area is 136 Å². The summed E-state index contributed by atoms with van der Waals surface area (Å²) in [5.74, 6) is -1.55. The average Bonchev–Trinajstić information content (AvgIpc) is 2.98.